The summed E-state index contributed by atoms with van der Waals surface area (Å²) in [5, 5.41) is 0. The van der Waals surface area contributed by atoms with E-state index in [1.54, 1.807) is 6.92 Å². The summed E-state index contributed by atoms with van der Waals surface area (Å²) in [6.45, 7) is 7.52. The highest BCUT2D eigenvalue weighted by molar-refractivity contribution is 7.99. The second kappa shape index (κ2) is 6.53. The van der Waals surface area contributed by atoms with Crippen LogP contribution in [0.2, 0.25) is 0 Å². The van der Waals surface area contributed by atoms with E-state index in [0.29, 0.717) is 0 Å². The summed E-state index contributed by atoms with van der Waals surface area (Å²) < 4.78 is 0. The van der Waals surface area contributed by atoms with Crippen LogP contribution in [0.3, 0.4) is 0 Å². The van der Waals surface area contributed by atoms with Crippen LogP contribution in [0.5, 0.6) is 0 Å². The van der Waals surface area contributed by atoms with Crippen LogP contribution in [0.4, 0.5) is 0 Å². The molecule has 0 saturated carbocycles. The normalized spacial score (nSPS) is 16.8. The maximum atomic E-state index is 10.7. The van der Waals surface area contributed by atoms with E-state index in [0.717, 1.165) is 24.6 Å². The summed E-state index contributed by atoms with van der Waals surface area (Å²) >= 11 is 1.92. The lowest BCUT2D eigenvalue weighted by Gasteiger charge is -2.24. The van der Waals surface area contributed by atoms with E-state index in [9.17, 15) is 4.79 Å². The van der Waals surface area contributed by atoms with E-state index in [4.69, 9.17) is 0 Å². The third-order valence-electron chi connectivity index (χ3n) is 1.46. The molecular formula is C8H17NOS. The number of carbonyl (C=O) groups is 1. The van der Waals surface area contributed by atoms with Crippen molar-refractivity contribution in [2.45, 2.75) is 20.8 Å². The van der Waals surface area contributed by atoms with Crippen molar-refractivity contribution in [1.29, 1.82) is 0 Å². The first-order chi connectivity index (χ1) is 5.30. The Balaban J connectivity index is 0.000000461. The molecule has 1 aliphatic heterocycles. The zero-order valence-corrected chi connectivity index (χ0v) is 8.41. The molecular weight excluding hydrogens is 158 g/mol. The van der Waals surface area contributed by atoms with Crippen LogP contribution in [0.1, 0.15) is 20.8 Å². The summed E-state index contributed by atoms with van der Waals surface area (Å²) in [6, 6.07) is 0. The number of hydrogen-bond donors (Lipinski definition) is 0. The minimum absolute atomic E-state index is 0.218. The molecule has 1 heterocycles. The molecule has 3 heteroatoms. The molecule has 1 rings (SSSR count). The molecule has 0 aliphatic carbocycles. The minimum atomic E-state index is 0.218. The molecule has 0 radical (unpaired) electrons. The molecule has 1 amide bonds. The van der Waals surface area contributed by atoms with Gasteiger partial charge in [0.15, 0.2) is 0 Å². The number of carbonyl (C=O) groups excluding carboxylic acids is 1. The van der Waals surface area contributed by atoms with Crippen molar-refractivity contribution in [3.63, 3.8) is 0 Å². The van der Waals surface area contributed by atoms with Crippen molar-refractivity contribution in [2.75, 3.05) is 24.6 Å². The van der Waals surface area contributed by atoms with E-state index < -0.39 is 0 Å². The average molecular weight is 175 g/mol. The van der Waals surface area contributed by atoms with E-state index in [-0.39, 0.29) is 5.91 Å². The molecule has 11 heavy (non-hydrogen) atoms. The second-order valence-corrected chi connectivity index (χ2v) is 3.34. The van der Waals surface area contributed by atoms with Gasteiger partial charge in [-0.25, -0.2) is 0 Å². The van der Waals surface area contributed by atoms with E-state index in [1.165, 1.54) is 0 Å². The molecule has 1 aliphatic rings. The quantitative estimate of drug-likeness (QED) is 0.557. The van der Waals surface area contributed by atoms with Gasteiger partial charge in [-0.15, -0.1) is 0 Å². The van der Waals surface area contributed by atoms with Gasteiger partial charge in [0, 0.05) is 31.5 Å². The molecule has 1 fully saturated rings. The molecule has 0 unspecified atom stereocenters. The second-order valence-electron chi connectivity index (χ2n) is 2.12. The fourth-order valence-corrected chi connectivity index (χ4v) is 1.78. The molecule has 0 aromatic heterocycles. The highest BCUT2D eigenvalue weighted by Gasteiger charge is 2.11. The van der Waals surface area contributed by atoms with Gasteiger partial charge < -0.3 is 4.90 Å². The first-order valence-electron chi connectivity index (χ1n) is 4.14. The molecule has 0 aromatic carbocycles. The zero-order valence-electron chi connectivity index (χ0n) is 7.59. The fraction of sp³-hybridized carbons (Fsp3) is 0.875. The van der Waals surface area contributed by atoms with Gasteiger partial charge in [-0.1, -0.05) is 13.8 Å². The minimum Gasteiger partial charge on any atom is -0.341 e. The van der Waals surface area contributed by atoms with Crippen LogP contribution in [0.15, 0.2) is 0 Å². The topological polar surface area (TPSA) is 20.3 Å². The van der Waals surface area contributed by atoms with Crippen molar-refractivity contribution < 1.29 is 4.79 Å². The van der Waals surface area contributed by atoms with Crippen LogP contribution in [0, 0.1) is 0 Å². The summed E-state index contributed by atoms with van der Waals surface area (Å²) in [6.07, 6.45) is 0. The van der Waals surface area contributed by atoms with Gasteiger partial charge in [0.2, 0.25) is 5.91 Å². The third kappa shape index (κ3) is 4.30. The highest BCUT2D eigenvalue weighted by Crippen LogP contribution is 2.08. The van der Waals surface area contributed by atoms with Crippen LogP contribution in [-0.4, -0.2) is 35.4 Å². The van der Waals surface area contributed by atoms with Crippen LogP contribution >= 0.6 is 11.8 Å². The van der Waals surface area contributed by atoms with Gasteiger partial charge in [0.25, 0.3) is 0 Å². The molecule has 0 aromatic rings. The van der Waals surface area contributed by atoms with Crippen molar-refractivity contribution in [1.82, 2.24) is 4.90 Å². The highest BCUT2D eigenvalue weighted by atomic mass is 32.2. The van der Waals surface area contributed by atoms with Crippen molar-refractivity contribution in [3.8, 4) is 0 Å². The van der Waals surface area contributed by atoms with E-state index >= 15 is 0 Å². The predicted octanol–water partition coefficient (Wildman–Crippen LogP) is 1.61. The van der Waals surface area contributed by atoms with Gasteiger partial charge in [0.1, 0.15) is 0 Å². The Morgan fingerprint density at radius 3 is 2.00 bits per heavy atom. The Kier molecular flexibility index (Phi) is 6.42. The van der Waals surface area contributed by atoms with Crippen LogP contribution in [-0.2, 0) is 4.79 Å². The molecule has 0 spiro atoms. The van der Waals surface area contributed by atoms with Gasteiger partial charge >= 0.3 is 0 Å². The van der Waals surface area contributed by atoms with Crippen LogP contribution in [0.25, 0.3) is 0 Å². The Morgan fingerprint density at radius 1 is 1.27 bits per heavy atom. The standard InChI is InChI=1S/C6H11NOS.C2H6/c1-6(8)7-2-4-9-5-3-7;1-2/h2-5H2,1H3;1-2H3. The van der Waals surface area contributed by atoms with Crippen molar-refractivity contribution in [3.05, 3.63) is 0 Å². The molecule has 2 nitrogen and oxygen atoms in total. The lowest BCUT2D eigenvalue weighted by molar-refractivity contribution is -0.128. The molecule has 0 bridgehead atoms. The Morgan fingerprint density at radius 2 is 1.73 bits per heavy atom. The number of hydrogen-bond acceptors (Lipinski definition) is 2. The average Bonchev–Trinajstić information content (AvgIpc) is 2.10. The maximum Gasteiger partial charge on any atom is 0.219 e. The van der Waals surface area contributed by atoms with Gasteiger partial charge in [-0.05, 0) is 0 Å². The Labute approximate surface area is 73.3 Å². The van der Waals surface area contributed by atoms with E-state index in [1.807, 2.05) is 30.5 Å². The largest absolute Gasteiger partial charge is 0.341 e. The number of nitrogens with zero attached hydrogens (tertiary/aromatic N) is 1. The zero-order chi connectivity index (χ0) is 8.69. The number of thioether (sulfide) groups is 1. The van der Waals surface area contributed by atoms with Crippen LogP contribution < -0.4 is 0 Å². The third-order valence-corrected chi connectivity index (χ3v) is 2.40. The summed E-state index contributed by atoms with van der Waals surface area (Å²) in [5.74, 6) is 2.44. The monoisotopic (exact) mass is 175 g/mol. The van der Waals surface area contributed by atoms with Crippen molar-refractivity contribution in [2.24, 2.45) is 0 Å². The van der Waals surface area contributed by atoms with Gasteiger partial charge in [0.05, 0.1) is 0 Å². The number of amides is 1. The Hall–Kier alpha value is -0.180. The SMILES string of the molecule is CC.CC(=O)N1CCSCC1. The van der Waals surface area contributed by atoms with Crippen molar-refractivity contribution >= 4 is 17.7 Å². The lowest BCUT2D eigenvalue weighted by atomic mass is 10.5. The molecule has 0 N–H and O–H groups in total. The fourth-order valence-electron chi connectivity index (χ4n) is 0.878. The summed E-state index contributed by atoms with van der Waals surface area (Å²) in [7, 11) is 0. The van der Waals surface area contributed by atoms with Gasteiger partial charge in [-0.2, -0.15) is 11.8 Å². The lowest BCUT2D eigenvalue weighted by Crippen LogP contribution is -2.36. The first-order valence-corrected chi connectivity index (χ1v) is 5.29. The van der Waals surface area contributed by atoms with E-state index in [2.05, 4.69) is 0 Å². The molecule has 0 atom stereocenters. The smallest absolute Gasteiger partial charge is 0.219 e. The molecule has 1 saturated heterocycles. The summed E-state index contributed by atoms with van der Waals surface area (Å²) in [5.41, 5.74) is 0. The molecule has 66 valence electrons. The predicted molar refractivity (Wildman–Crippen MR) is 50.9 cm³/mol. The number of rotatable bonds is 0. The summed E-state index contributed by atoms with van der Waals surface area (Å²) in [4.78, 5) is 12.6. The maximum absolute atomic E-state index is 10.7. The first kappa shape index (κ1) is 10.8. The van der Waals surface area contributed by atoms with Gasteiger partial charge in [-0.3, -0.25) is 4.79 Å². The Bertz CT molecular complexity index is 111.